The summed E-state index contributed by atoms with van der Waals surface area (Å²) >= 11 is 0. The number of aryl methyl sites for hydroxylation is 1. The van der Waals surface area contributed by atoms with Crippen molar-refractivity contribution in [2.75, 3.05) is 42.9 Å². The van der Waals surface area contributed by atoms with E-state index >= 15 is 8.78 Å². The fourth-order valence-electron chi connectivity index (χ4n) is 11.7. The van der Waals surface area contributed by atoms with Crippen LogP contribution < -0.4 is 15.5 Å². The van der Waals surface area contributed by atoms with E-state index in [9.17, 15) is 14.7 Å². The van der Waals surface area contributed by atoms with Crippen molar-refractivity contribution in [2.24, 2.45) is 17.3 Å². The molecular formula is C48H52F2N4O3. The highest BCUT2D eigenvalue weighted by molar-refractivity contribution is 6.01. The Balaban J connectivity index is 0.727. The molecule has 2 saturated carbocycles. The summed E-state index contributed by atoms with van der Waals surface area (Å²) in [5.74, 6) is -2.47. The van der Waals surface area contributed by atoms with Crippen LogP contribution in [0.25, 0.3) is 0 Å². The number of piperidine rings is 2. The summed E-state index contributed by atoms with van der Waals surface area (Å²) in [5, 5.41) is 15.7. The van der Waals surface area contributed by atoms with Gasteiger partial charge < -0.3 is 20.2 Å². The molecular weight excluding hydrogens is 719 g/mol. The molecule has 1 spiro atoms. The van der Waals surface area contributed by atoms with E-state index in [4.69, 9.17) is 0 Å². The van der Waals surface area contributed by atoms with E-state index in [1.165, 1.54) is 40.8 Å². The van der Waals surface area contributed by atoms with Gasteiger partial charge in [0.1, 0.15) is 11.8 Å². The molecule has 4 aromatic rings. The first-order valence-corrected chi connectivity index (χ1v) is 21.1. The quantitative estimate of drug-likeness (QED) is 0.156. The third-order valence-corrected chi connectivity index (χ3v) is 15.0. The molecule has 10 rings (SSSR count). The Morgan fingerprint density at radius 3 is 2.28 bits per heavy atom. The standard InChI is InChI=1S/C48H52F2N4O3/c49-48(50)42-28-53(25-24-47(42,48)35-9-11-36(12-10-35)51-41-18-19-43(56)52-45(41)57)27-31-20-22-46(23-21-31)29-54(30-46)37-13-6-33(7-14-37)44-39(32-4-2-1-3-5-32)16-8-34-26-38(55)15-17-40(34)44/h1-7,9-15,17,26,31,39,41-42,44,51,55H,8,16,18-25,27-30H2,(H,52,56,57)/t39-,41-,42+,44+,47+/m1/s1. The molecule has 4 aromatic carbocycles. The molecule has 3 saturated heterocycles. The minimum atomic E-state index is -2.72. The summed E-state index contributed by atoms with van der Waals surface area (Å²) in [5.41, 5.74) is 7.20. The number of alkyl halides is 2. The summed E-state index contributed by atoms with van der Waals surface area (Å²) in [6, 6.07) is 32.7. The van der Waals surface area contributed by atoms with Gasteiger partial charge in [0, 0.05) is 55.3 Å². The number of aromatic hydroxyl groups is 1. The lowest BCUT2D eigenvalue weighted by atomic mass is 9.65. The van der Waals surface area contributed by atoms with E-state index < -0.39 is 23.3 Å². The molecule has 0 unspecified atom stereocenters. The minimum absolute atomic E-state index is 0.244. The lowest BCUT2D eigenvalue weighted by Crippen LogP contribution is -2.58. The Kier molecular flexibility index (Phi) is 8.96. The maximum Gasteiger partial charge on any atom is 0.263 e. The van der Waals surface area contributed by atoms with Crippen LogP contribution in [0, 0.1) is 17.3 Å². The van der Waals surface area contributed by atoms with Crippen LogP contribution in [0.5, 0.6) is 5.75 Å². The van der Waals surface area contributed by atoms with Crippen LogP contribution in [0.4, 0.5) is 20.2 Å². The van der Waals surface area contributed by atoms with Gasteiger partial charge >= 0.3 is 0 Å². The molecule has 296 valence electrons. The summed E-state index contributed by atoms with van der Waals surface area (Å²) in [6.45, 7) is 4.20. The fraction of sp³-hybridized carbons (Fsp3) is 0.458. The van der Waals surface area contributed by atoms with E-state index in [1.54, 1.807) is 24.3 Å². The maximum atomic E-state index is 15.6. The van der Waals surface area contributed by atoms with Gasteiger partial charge in [0.05, 0.1) is 11.3 Å². The summed E-state index contributed by atoms with van der Waals surface area (Å²) in [4.78, 5) is 28.5. The Morgan fingerprint density at radius 2 is 1.56 bits per heavy atom. The second-order valence-corrected chi connectivity index (χ2v) is 18.2. The lowest BCUT2D eigenvalue weighted by Gasteiger charge is -2.55. The summed E-state index contributed by atoms with van der Waals surface area (Å²) in [6.07, 6.45) is 7.91. The normalized spacial score (nSPS) is 29.2. The number of amides is 2. The maximum absolute atomic E-state index is 15.6. The fourth-order valence-corrected chi connectivity index (χ4v) is 11.7. The van der Waals surface area contributed by atoms with E-state index in [-0.39, 0.29) is 24.2 Å². The number of carbonyl (C=O) groups is 2. The van der Waals surface area contributed by atoms with Crippen molar-refractivity contribution in [3.63, 3.8) is 0 Å². The van der Waals surface area contributed by atoms with Gasteiger partial charge in [0.15, 0.2) is 0 Å². The number of hydrogen-bond acceptors (Lipinski definition) is 6. The van der Waals surface area contributed by atoms with Gasteiger partial charge in [-0.15, -0.1) is 0 Å². The van der Waals surface area contributed by atoms with Gasteiger partial charge in [-0.05, 0) is 134 Å². The van der Waals surface area contributed by atoms with Crippen LogP contribution in [0.1, 0.15) is 91.0 Å². The second-order valence-electron chi connectivity index (χ2n) is 18.2. The van der Waals surface area contributed by atoms with Gasteiger partial charge in [-0.3, -0.25) is 14.9 Å². The number of rotatable bonds is 8. The number of likely N-dealkylation sites (tertiary alicyclic amines) is 1. The number of nitrogens with one attached hydrogen (secondary N) is 2. The summed E-state index contributed by atoms with van der Waals surface area (Å²) in [7, 11) is 0. The van der Waals surface area contributed by atoms with Gasteiger partial charge in [-0.25, -0.2) is 8.78 Å². The predicted octanol–water partition coefficient (Wildman–Crippen LogP) is 8.38. The first-order chi connectivity index (χ1) is 27.6. The summed E-state index contributed by atoms with van der Waals surface area (Å²) < 4.78 is 31.2. The van der Waals surface area contributed by atoms with E-state index in [2.05, 4.69) is 81.1 Å². The van der Waals surface area contributed by atoms with Crippen molar-refractivity contribution in [1.82, 2.24) is 10.2 Å². The second kappa shape index (κ2) is 14.0. The molecule has 0 bridgehead atoms. The SMILES string of the molecule is O=C1CC[C@@H](Nc2ccc([C@@]34CCN(CC5CCC6(CC5)CN(c5ccc([C@@H]7c8ccc(O)cc8CC[C@@H]7c7ccccc7)cc5)C6)C[C@@H]3C4(F)F)cc2)C(=O)N1. The molecule has 3 N–H and O–H groups in total. The molecule has 3 aliphatic heterocycles. The highest BCUT2D eigenvalue weighted by Crippen LogP contribution is 2.70. The molecule has 7 nitrogen and oxygen atoms in total. The highest BCUT2D eigenvalue weighted by Gasteiger charge is 2.81. The molecule has 3 heterocycles. The van der Waals surface area contributed by atoms with Crippen LogP contribution >= 0.6 is 0 Å². The van der Waals surface area contributed by atoms with E-state index in [0.29, 0.717) is 60.2 Å². The van der Waals surface area contributed by atoms with Gasteiger partial charge in [0.25, 0.3) is 5.92 Å². The number of phenols is 1. The van der Waals surface area contributed by atoms with Crippen LogP contribution in [-0.2, 0) is 21.4 Å². The zero-order chi connectivity index (χ0) is 38.9. The third-order valence-electron chi connectivity index (χ3n) is 15.0. The number of carbonyl (C=O) groups excluding carboxylic acids is 2. The lowest BCUT2D eigenvalue weighted by molar-refractivity contribution is -0.133. The number of benzene rings is 4. The molecule has 0 aromatic heterocycles. The van der Waals surface area contributed by atoms with Crippen LogP contribution in [0.3, 0.4) is 0 Å². The largest absolute Gasteiger partial charge is 0.508 e. The Bertz CT molecular complexity index is 2140. The number of hydrogen-bond donors (Lipinski definition) is 3. The monoisotopic (exact) mass is 770 g/mol. The smallest absolute Gasteiger partial charge is 0.263 e. The first kappa shape index (κ1) is 36.6. The molecule has 2 amide bonds. The van der Waals surface area contributed by atoms with E-state index in [0.717, 1.165) is 45.3 Å². The topological polar surface area (TPSA) is 84.9 Å². The van der Waals surface area contributed by atoms with Crippen molar-refractivity contribution in [3.8, 4) is 5.75 Å². The number of halogens is 2. The van der Waals surface area contributed by atoms with Crippen molar-refractivity contribution in [2.45, 2.75) is 87.0 Å². The molecule has 3 aliphatic carbocycles. The molecule has 5 atom stereocenters. The van der Waals surface area contributed by atoms with E-state index in [1.807, 2.05) is 12.1 Å². The van der Waals surface area contributed by atoms with Crippen LogP contribution in [0.2, 0.25) is 0 Å². The zero-order valence-electron chi connectivity index (χ0n) is 32.4. The molecule has 9 heteroatoms. The van der Waals surface area contributed by atoms with Crippen LogP contribution in [0.15, 0.2) is 97.1 Å². The van der Waals surface area contributed by atoms with Crippen molar-refractivity contribution in [3.05, 3.63) is 125 Å². The van der Waals surface area contributed by atoms with Gasteiger partial charge in [-0.1, -0.05) is 60.7 Å². The van der Waals surface area contributed by atoms with Gasteiger partial charge in [-0.2, -0.15) is 0 Å². The Labute approximate surface area is 333 Å². The predicted molar refractivity (Wildman–Crippen MR) is 218 cm³/mol. The minimum Gasteiger partial charge on any atom is -0.508 e. The Morgan fingerprint density at radius 1 is 0.807 bits per heavy atom. The number of imide groups is 1. The van der Waals surface area contributed by atoms with Crippen molar-refractivity contribution < 1.29 is 23.5 Å². The van der Waals surface area contributed by atoms with Crippen molar-refractivity contribution in [1.29, 1.82) is 0 Å². The van der Waals surface area contributed by atoms with Gasteiger partial charge in [0.2, 0.25) is 11.8 Å². The third kappa shape index (κ3) is 6.41. The molecule has 57 heavy (non-hydrogen) atoms. The number of nitrogens with zero attached hydrogens (tertiary/aromatic N) is 2. The average Bonchev–Trinajstić information content (AvgIpc) is 3.72. The number of anilines is 2. The number of phenolic OH excluding ortho intramolecular Hbond substituents is 1. The zero-order valence-corrected chi connectivity index (χ0v) is 32.4. The Hall–Kier alpha value is -4.76. The molecule has 5 fully saturated rings. The highest BCUT2D eigenvalue weighted by atomic mass is 19.3. The number of fused-ring (bicyclic) bond motifs is 2. The van der Waals surface area contributed by atoms with Crippen LogP contribution in [-0.4, -0.2) is 66.5 Å². The first-order valence-electron chi connectivity index (χ1n) is 21.1. The van der Waals surface area contributed by atoms with Crippen molar-refractivity contribution >= 4 is 23.2 Å². The average molecular weight is 771 g/mol. The molecule has 0 radical (unpaired) electrons. The molecule has 6 aliphatic rings.